The molecule has 8 heteroatoms. The zero-order chi connectivity index (χ0) is 28.3. The molecule has 2 atom stereocenters. The summed E-state index contributed by atoms with van der Waals surface area (Å²) in [5, 5.41) is 12.5. The van der Waals surface area contributed by atoms with Crippen LogP contribution in [-0.4, -0.2) is 48.2 Å². The summed E-state index contributed by atoms with van der Waals surface area (Å²) in [6.45, 7) is 3.22. The van der Waals surface area contributed by atoms with Gasteiger partial charge in [-0.05, 0) is 30.5 Å². The molecule has 8 nitrogen and oxygen atoms in total. The van der Waals surface area contributed by atoms with Gasteiger partial charge in [0.2, 0.25) is 5.91 Å². The zero-order valence-corrected chi connectivity index (χ0v) is 22.0. The van der Waals surface area contributed by atoms with E-state index in [4.69, 9.17) is 9.47 Å². The van der Waals surface area contributed by atoms with E-state index < -0.39 is 47.6 Å². The fourth-order valence-electron chi connectivity index (χ4n) is 4.76. The van der Waals surface area contributed by atoms with Crippen LogP contribution in [0.5, 0.6) is 0 Å². The molecule has 0 aromatic heterocycles. The number of hydrogen-bond acceptors (Lipinski definition) is 6. The first-order chi connectivity index (χ1) is 18.8. The minimum absolute atomic E-state index is 0.0163. The maximum atomic E-state index is 13.7. The predicted molar refractivity (Wildman–Crippen MR) is 145 cm³/mol. The molecule has 2 N–H and O–H groups in total. The van der Waals surface area contributed by atoms with E-state index in [2.05, 4.69) is 5.32 Å². The second-order valence-corrected chi connectivity index (χ2v) is 8.93. The zero-order valence-electron chi connectivity index (χ0n) is 22.0. The summed E-state index contributed by atoms with van der Waals surface area (Å²) in [6.07, 6.45) is -0.713. The molecule has 0 bridgehead atoms. The predicted octanol–water partition coefficient (Wildman–Crippen LogP) is 4.11. The monoisotopic (exact) mass is 531 g/mol. The summed E-state index contributed by atoms with van der Waals surface area (Å²) < 4.78 is 9.98. The van der Waals surface area contributed by atoms with Crippen molar-refractivity contribution in [2.24, 2.45) is 5.92 Å². The molecule has 0 spiro atoms. The Morgan fingerprint density at radius 1 is 0.744 bits per heavy atom. The van der Waals surface area contributed by atoms with Crippen LogP contribution in [0, 0.1) is 5.92 Å². The van der Waals surface area contributed by atoms with E-state index >= 15 is 0 Å². The fraction of sp³-hybridized carbons (Fsp3) is 0.290. The van der Waals surface area contributed by atoms with Crippen LogP contribution in [0.1, 0.15) is 43.4 Å². The molecule has 0 saturated carbocycles. The van der Waals surface area contributed by atoms with Crippen LogP contribution in [0.25, 0.3) is 0 Å². The summed E-state index contributed by atoms with van der Waals surface area (Å²) in [6, 6.07) is 26.7. The molecular formula is C31H33NO7. The number of carbonyl (C=O) groups excluding carboxylic acids is 3. The number of carboxylic acids is 1. The Bertz CT molecular complexity index is 1150. The summed E-state index contributed by atoms with van der Waals surface area (Å²) >= 11 is 0. The molecule has 204 valence electrons. The Labute approximate surface area is 228 Å². The summed E-state index contributed by atoms with van der Waals surface area (Å²) in [5.74, 6) is -5.21. The van der Waals surface area contributed by atoms with Gasteiger partial charge in [-0.15, -0.1) is 0 Å². The van der Waals surface area contributed by atoms with Crippen LogP contribution in [-0.2, 0) is 34.1 Å². The van der Waals surface area contributed by atoms with Crippen LogP contribution in [0.15, 0.2) is 91.0 Å². The molecule has 3 aromatic carbocycles. The lowest BCUT2D eigenvalue weighted by Crippen LogP contribution is -2.51. The van der Waals surface area contributed by atoms with Gasteiger partial charge >= 0.3 is 17.9 Å². The number of ether oxygens (including phenoxy) is 2. The Morgan fingerprint density at radius 3 is 1.56 bits per heavy atom. The van der Waals surface area contributed by atoms with Gasteiger partial charge in [0.25, 0.3) is 0 Å². The number of amides is 1. The largest absolute Gasteiger partial charge is 0.480 e. The van der Waals surface area contributed by atoms with Crippen molar-refractivity contribution in [1.82, 2.24) is 5.32 Å². The summed E-state index contributed by atoms with van der Waals surface area (Å²) in [4.78, 5) is 51.0. The highest BCUT2D eigenvalue weighted by Crippen LogP contribution is 2.42. The third kappa shape index (κ3) is 7.10. The van der Waals surface area contributed by atoms with Gasteiger partial charge in [-0.1, -0.05) is 91.0 Å². The first-order valence-electron chi connectivity index (χ1n) is 12.8. The fourth-order valence-corrected chi connectivity index (χ4v) is 4.76. The topological polar surface area (TPSA) is 119 Å². The molecular weight excluding hydrogens is 498 g/mol. The van der Waals surface area contributed by atoms with E-state index in [0.717, 1.165) is 16.7 Å². The van der Waals surface area contributed by atoms with E-state index in [-0.39, 0.29) is 19.6 Å². The lowest BCUT2D eigenvalue weighted by atomic mass is 9.67. The highest BCUT2D eigenvalue weighted by molar-refractivity contribution is 5.91. The molecule has 0 fully saturated rings. The van der Waals surface area contributed by atoms with Crippen molar-refractivity contribution in [3.8, 4) is 0 Å². The number of hydrogen-bond donors (Lipinski definition) is 2. The number of esters is 2. The SMILES string of the molecule is CCOC(=O)C[C@H](C(=O)OCC)[C@@H](NC(=O)CC(c1ccccc1)(c1ccccc1)c1ccccc1)C(=O)O. The average molecular weight is 532 g/mol. The van der Waals surface area contributed by atoms with Crippen molar-refractivity contribution in [3.05, 3.63) is 108 Å². The van der Waals surface area contributed by atoms with Crippen LogP contribution in [0.4, 0.5) is 0 Å². The molecule has 3 rings (SSSR count). The Morgan fingerprint density at radius 2 is 1.18 bits per heavy atom. The minimum atomic E-state index is -1.71. The smallest absolute Gasteiger partial charge is 0.327 e. The van der Waals surface area contributed by atoms with Crippen molar-refractivity contribution in [3.63, 3.8) is 0 Å². The molecule has 0 aliphatic carbocycles. The third-order valence-corrected chi connectivity index (χ3v) is 6.49. The molecule has 0 aliphatic rings. The normalized spacial score (nSPS) is 12.6. The van der Waals surface area contributed by atoms with Crippen LogP contribution in [0.2, 0.25) is 0 Å². The minimum Gasteiger partial charge on any atom is -0.480 e. The second kappa shape index (κ2) is 13.9. The molecule has 3 aromatic rings. The average Bonchev–Trinajstić information content (AvgIpc) is 2.95. The van der Waals surface area contributed by atoms with Crippen molar-refractivity contribution in [1.29, 1.82) is 0 Å². The van der Waals surface area contributed by atoms with Gasteiger partial charge in [0.1, 0.15) is 6.04 Å². The molecule has 39 heavy (non-hydrogen) atoms. The van der Waals surface area contributed by atoms with Crippen molar-refractivity contribution < 1.29 is 33.8 Å². The van der Waals surface area contributed by atoms with Crippen molar-refractivity contribution in [2.45, 2.75) is 38.1 Å². The Hall–Kier alpha value is -4.46. The van der Waals surface area contributed by atoms with Crippen LogP contribution in [0.3, 0.4) is 0 Å². The van der Waals surface area contributed by atoms with Crippen molar-refractivity contribution in [2.75, 3.05) is 13.2 Å². The lowest BCUT2D eigenvalue weighted by molar-refractivity contribution is -0.160. The Kier molecular flexibility index (Phi) is 10.4. The molecule has 0 unspecified atom stereocenters. The maximum absolute atomic E-state index is 13.7. The molecule has 0 saturated heterocycles. The van der Waals surface area contributed by atoms with E-state index in [1.807, 2.05) is 91.0 Å². The van der Waals surface area contributed by atoms with Gasteiger partial charge in [-0.25, -0.2) is 4.79 Å². The van der Waals surface area contributed by atoms with Gasteiger partial charge in [0.05, 0.1) is 31.0 Å². The summed E-state index contributed by atoms with van der Waals surface area (Å²) in [5.41, 5.74) is 1.52. The van der Waals surface area contributed by atoms with Gasteiger partial charge in [-0.3, -0.25) is 14.4 Å². The number of rotatable bonds is 13. The highest BCUT2D eigenvalue weighted by Gasteiger charge is 2.42. The van der Waals surface area contributed by atoms with Gasteiger partial charge in [0.15, 0.2) is 0 Å². The van der Waals surface area contributed by atoms with E-state index in [1.54, 1.807) is 13.8 Å². The van der Waals surface area contributed by atoms with Crippen molar-refractivity contribution >= 4 is 23.8 Å². The first kappa shape index (κ1) is 29.1. The quantitative estimate of drug-likeness (QED) is 0.252. The molecule has 1 amide bonds. The number of aliphatic carboxylic acids is 1. The third-order valence-electron chi connectivity index (χ3n) is 6.49. The van der Waals surface area contributed by atoms with Crippen LogP contribution < -0.4 is 5.32 Å². The summed E-state index contributed by atoms with van der Waals surface area (Å²) in [7, 11) is 0. The molecule has 0 heterocycles. The number of carboxylic acid groups (broad SMARTS) is 1. The maximum Gasteiger partial charge on any atom is 0.327 e. The lowest BCUT2D eigenvalue weighted by Gasteiger charge is -2.36. The van der Waals surface area contributed by atoms with E-state index in [0.29, 0.717) is 0 Å². The standard InChI is InChI=1S/C31H33NO7/c1-3-38-27(34)20-25(30(37)39-4-2)28(29(35)36)32-26(33)21-31(22-14-8-5-9-15-22,23-16-10-6-11-17-23)24-18-12-7-13-19-24/h5-19,25,28H,3-4,20-21H2,1-2H3,(H,32,33)(H,35,36)/t25-,28+/m0/s1. The van der Waals surface area contributed by atoms with E-state index in [9.17, 15) is 24.3 Å². The second-order valence-electron chi connectivity index (χ2n) is 8.93. The highest BCUT2D eigenvalue weighted by atomic mass is 16.5. The van der Waals surface area contributed by atoms with Gasteiger partial charge in [0, 0.05) is 6.42 Å². The first-order valence-corrected chi connectivity index (χ1v) is 12.8. The van der Waals surface area contributed by atoms with Gasteiger partial charge < -0.3 is 19.9 Å². The molecule has 0 radical (unpaired) electrons. The van der Waals surface area contributed by atoms with E-state index in [1.165, 1.54) is 0 Å². The molecule has 0 aliphatic heterocycles. The number of nitrogens with one attached hydrogen (secondary N) is 1. The number of benzene rings is 3. The van der Waals surface area contributed by atoms with Crippen LogP contribution >= 0.6 is 0 Å². The van der Waals surface area contributed by atoms with Gasteiger partial charge in [-0.2, -0.15) is 0 Å². The number of carbonyl (C=O) groups is 4. The Balaban J connectivity index is 2.06.